The van der Waals surface area contributed by atoms with Crippen LogP contribution in [0.2, 0.25) is 5.02 Å². The maximum Gasteiger partial charge on any atom is 0.236 e. The highest BCUT2D eigenvalue weighted by Crippen LogP contribution is 2.41. The summed E-state index contributed by atoms with van der Waals surface area (Å²) in [6, 6.07) is 5.44. The summed E-state index contributed by atoms with van der Waals surface area (Å²) in [7, 11) is -3.40. The number of ether oxygens (including phenoxy) is 1. The van der Waals surface area contributed by atoms with Crippen LogP contribution in [0.25, 0.3) is 10.9 Å². The van der Waals surface area contributed by atoms with Crippen LogP contribution in [0.4, 0.5) is 0 Å². The third kappa shape index (κ3) is 1.96. The van der Waals surface area contributed by atoms with Gasteiger partial charge in [-0.3, -0.25) is 0 Å². The van der Waals surface area contributed by atoms with E-state index in [0.717, 1.165) is 10.9 Å². The van der Waals surface area contributed by atoms with Gasteiger partial charge in [-0.15, -0.1) is 0 Å². The topological polar surface area (TPSA) is 51.6 Å². The summed E-state index contributed by atoms with van der Waals surface area (Å²) in [5, 5.41) is 1.44. The molecule has 1 atom stereocenters. The molecule has 1 aromatic carbocycles. The van der Waals surface area contributed by atoms with Crippen LogP contribution in [0.5, 0.6) is 0 Å². The van der Waals surface area contributed by atoms with Gasteiger partial charge in [-0.2, -0.15) is 0 Å². The molecule has 1 aliphatic heterocycles. The first-order chi connectivity index (χ1) is 8.72. The highest BCUT2D eigenvalue weighted by molar-refractivity contribution is 7.89. The Morgan fingerprint density at radius 3 is 2.53 bits per heavy atom. The molecule has 0 radical (unpaired) electrons. The molecule has 102 valence electrons. The minimum absolute atomic E-state index is 0.511. The van der Waals surface area contributed by atoms with Crippen molar-refractivity contribution in [1.82, 2.24) is 3.97 Å². The van der Waals surface area contributed by atoms with E-state index in [0.29, 0.717) is 22.8 Å². The van der Waals surface area contributed by atoms with Gasteiger partial charge in [0.25, 0.3) is 0 Å². The van der Waals surface area contributed by atoms with E-state index in [1.165, 1.54) is 10.2 Å². The molecular weight excluding hydrogens is 286 g/mol. The number of hydrogen-bond donors (Lipinski definition) is 0. The molecule has 0 spiro atoms. The summed E-state index contributed by atoms with van der Waals surface area (Å²) < 4.78 is 30.9. The second-order valence-corrected chi connectivity index (χ2v) is 7.48. The number of aryl methyl sites for hydroxylation is 1. The van der Waals surface area contributed by atoms with Crippen LogP contribution >= 0.6 is 11.6 Å². The van der Waals surface area contributed by atoms with E-state index >= 15 is 0 Å². The zero-order valence-corrected chi connectivity index (χ0v) is 12.5. The van der Waals surface area contributed by atoms with Crippen molar-refractivity contribution in [1.29, 1.82) is 0 Å². The smallest absolute Gasteiger partial charge is 0.236 e. The number of nitrogens with zero attached hydrogens (tertiary/aromatic N) is 1. The third-order valence-corrected chi connectivity index (χ3v) is 4.95. The minimum Gasteiger partial charge on any atom is -0.363 e. The second-order valence-electron chi connectivity index (χ2n) is 5.24. The lowest BCUT2D eigenvalue weighted by Gasteiger charge is -2.11. The molecule has 0 bridgehead atoms. The van der Waals surface area contributed by atoms with Crippen molar-refractivity contribution < 1.29 is 13.2 Å². The van der Waals surface area contributed by atoms with E-state index in [-0.39, 0.29) is 0 Å². The van der Waals surface area contributed by atoms with Crippen LogP contribution in [0, 0.1) is 6.92 Å². The first-order valence-corrected chi connectivity index (χ1v) is 8.12. The first kappa shape index (κ1) is 13.0. The maximum absolute atomic E-state index is 12.1. The molecule has 19 heavy (non-hydrogen) atoms. The van der Waals surface area contributed by atoms with Gasteiger partial charge in [-0.05, 0) is 37.6 Å². The fourth-order valence-corrected chi connectivity index (χ4v) is 3.58. The third-order valence-electron chi connectivity index (χ3n) is 3.49. The van der Waals surface area contributed by atoms with Gasteiger partial charge in [-0.1, -0.05) is 11.6 Å². The van der Waals surface area contributed by atoms with Crippen molar-refractivity contribution in [3.8, 4) is 0 Å². The summed E-state index contributed by atoms with van der Waals surface area (Å²) in [6.45, 7) is 4.28. The Bertz CT molecular complexity index is 788. The van der Waals surface area contributed by atoms with Crippen molar-refractivity contribution in [2.75, 3.05) is 12.9 Å². The van der Waals surface area contributed by atoms with Gasteiger partial charge >= 0.3 is 0 Å². The summed E-state index contributed by atoms with van der Waals surface area (Å²) in [6.07, 6.45) is 1.20. The van der Waals surface area contributed by atoms with Gasteiger partial charge in [0.15, 0.2) is 0 Å². The zero-order valence-electron chi connectivity index (χ0n) is 10.9. The van der Waals surface area contributed by atoms with Crippen molar-refractivity contribution in [3.63, 3.8) is 0 Å². The summed E-state index contributed by atoms with van der Waals surface area (Å²) in [5.74, 6) is 0. The van der Waals surface area contributed by atoms with Gasteiger partial charge in [0, 0.05) is 10.4 Å². The minimum atomic E-state index is -3.40. The fourth-order valence-electron chi connectivity index (χ4n) is 2.29. The van der Waals surface area contributed by atoms with Crippen LogP contribution in [-0.4, -0.2) is 25.3 Å². The van der Waals surface area contributed by atoms with Crippen molar-refractivity contribution in [2.24, 2.45) is 0 Å². The highest BCUT2D eigenvalue weighted by atomic mass is 35.5. The number of halogens is 1. The molecule has 1 unspecified atom stereocenters. The SMILES string of the molecule is Cc1cc2c(cc1Cl)cc(C1(C)CO1)n2S(C)(=O)=O. The predicted octanol–water partition coefficient (Wildman–Crippen LogP) is 2.66. The van der Waals surface area contributed by atoms with E-state index in [1.807, 2.05) is 19.9 Å². The lowest BCUT2D eigenvalue weighted by Crippen LogP contribution is -2.18. The molecule has 0 N–H and O–H groups in total. The quantitative estimate of drug-likeness (QED) is 0.801. The second kappa shape index (κ2) is 3.75. The molecule has 1 aromatic heterocycles. The Morgan fingerprint density at radius 1 is 1.37 bits per heavy atom. The Balaban J connectivity index is 2.44. The Hall–Kier alpha value is -1.04. The molecular formula is C13H14ClNO3S. The molecule has 2 aromatic rings. The van der Waals surface area contributed by atoms with Crippen LogP contribution in [0.15, 0.2) is 18.2 Å². The molecule has 0 aliphatic carbocycles. The number of hydrogen-bond acceptors (Lipinski definition) is 3. The van der Waals surface area contributed by atoms with Gasteiger partial charge < -0.3 is 4.74 Å². The molecule has 1 aliphatic rings. The average molecular weight is 300 g/mol. The monoisotopic (exact) mass is 299 g/mol. The average Bonchev–Trinajstić information content (AvgIpc) is 2.89. The van der Waals surface area contributed by atoms with Crippen LogP contribution < -0.4 is 0 Å². The van der Waals surface area contributed by atoms with Gasteiger partial charge in [0.05, 0.1) is 24.1 Å². The molecule has 4 nitrogen and oxygen atoms in total. The summed E-state index contributed by atoms with van der Waals surface area (Å²) in [4.78, 5) is 0. The lowest BCUT2D eigenvalue weighted by molar-refractivity contribution is 0.323. The standard InChI is InChI=1S/C13H14ClNO3S/c1-8-4-11-9(5-10(8)14)6-12(13(2)7-18-13)15(11)19(3,16)17/h4-6H,7H2,1-3H3. The largest absolute Gasteiger partial charge is 0.363 e. The van der Waals surface area contributed by atoms with Crippen molar-refractivity contribution in [3.05, 3.63) is 34.5 Å². The Labute approximate surface area is 117 Å². The number of epoxide rings is 1. The maximum atomic E-state index is 12.1. The number of fused-ring (bicyclic) bond motifs is 1. The van der Waals surface area contributed by atoms with E-state index in [2.05, 4.69) is 0 Å². The van der Waals surface area contributed by atoms with Crippen molar-refractivity contribution in [2.45, 2.75) is 19.4 Å². The number of benzene rings is 1. The van der Waals surface area contributed by atoms with Gasteiger partial charge in [0.2, 0.25) is 10.0 Å². The molecule has 2 heterocycles. The molecule has 6 heteroatoms. The van der Waals surface area contributed by atoms with Gasteiger partial charge in [0.1, 0.15) is 5.60 Å². The molecule has 3 rings (SSSR count). The number of aromatic nitrogens is 1. The lowest BCUT2D eigenvalue weighted by atomic mass is 10.1. The highest BCUT2D eigenvalue weighted by Gasteiger charge is 2.45. The number of rotatable bonds is 2. The molecule has 1 saturated heterocycles. The predicted molar refractivity (Wildman–Crippen MR) is 75.2 cm³/mol. The van der Waals surface area contributed by atoms with Crippen LogP contribution in [-0.2, 0) is 20.4 Å². The van der Waals surface area contributed by atoms with Gasteiger partial charge in [-0.25, -0.2) is 12.4 Å². The van der Waals surface area contributed by atoms with E-state index < -0.39 is 15.6 Å². The first-order valence-electron chi connectivity index (χ1n) is 5.89. The van der Waals surface area contributed by atoms with E-state index in [1.54, 1.807) is 12.1 Å². The summed E-state index contributed by atoms with van der Waals surface area (Å²) >= 11 is 6.10. The van der Waals surface area contributed by atoms with E-state index in [4.69, 9.17) is 16.3 Å². The zero-order chi connectivity index (χ0) is 14.0. The van der Waals surface area contributed by atoms with Crippen molar-refractivity contribution >= 4 is 32.5 Å². The summed E-state index contributed by atoms with van der Waals surface area (Å²) in [5.41, 5.74) is 1.65. The molecule has 0 saturated carbocycles. The Kier molecular flexibility index (Phi) is 2.56. The van der Waals surface area contributed by atoms with E-state index in [9.17, 15) is 8.42 Å². The Morgan fingerprint density at radius 2 is 2.00 bits per heavy atom. The van der Waals surface area contributed by atoms with Crippen LogP contribution in [0.3, 0.4) is 0 Å². The fraction of sp³-hybridized carbons (Fsp3) is 0.385. The molecule has 1 fully saturated rings. The normalized spacial score (nSPS) is 22.9. The molecule has 0 amide bonds. The van der Waals surface area contributed by atoms with Crippen LogP contribution in [0.1, 0.15) is 18.2 Å².